The van der Waals surface area contributed by atoms with Crippen molar-refractivity contribution in [3.05, 3.63) is 59.2 Å². The predicted octanol–water partition coefficient (Wildman–Crippen LogP) is 3.61. The zero-order chi connectivity index (χ0) is 20.8. The van der Waals surface area contributed by atoms with Crippen LogP contribution in [-0.2, 0) is 14.3 Å². The molecular formula is C22H26O6. The molecule has 2 rings (SSSR count). The number of carbonyl (C=O) groups is 2. The second-order valence-electron chi connectivity index (χ2n) is 6.78. The quantitative estimate of drug-likeness (QED) is 0.382. The first kappa shape index (κ1) is 21.6. The third-order valence-electron chi connectivity index (χ3n) is 4.73. The Labute approximate surface area is 164 Å². The fraction of sp³-hybridized carbons (Fsp3) is 0.364. The number of benzene rings is 1. The van der Waals surface area contributed by atoms with Crippen LogP contribution < -0.4 is 0 Å². The number of allylic oxidation sites excluding steroid dienone is 3. The monoisotopic (exact) mass is 386 g/mol. The van der Waals surface area contributed by atoms with Gasteiger partial charge in [-0.2, -0.15) is 0 Å². The Kier molecular flexibility index (Phi) is 7.31. The Morgan fingerprint density at radius 2 is 1.96 bits per heavy atom. The predicted molar refractivity (Wildman–Crippen MR) is 106 cm³/mol. The molecule has 1 aliphatic rings. The summed E-state index contributed by atoms with van der Waals surface area (Å²) in [6.07, 6.45) is 8.25. The molecule has 0 saturated carbocycles. The van der Waals surface area contributed by atoms with Crippen molar-refractivity contribution in [2.45, 2.75) is 39.1 Å². The number of aromatic hydroxyl groups is 1. The molecule has 1 aromatic carbocycles. The van der Waals surface area contributed by atoms with Crippen LogP contribution in [0.15, 0.2) is 48.1 Å². The molecule has 0 radical (unpaired) electrons. The first-order valence-electron chi connectivity index (χ1n) is 9.07. The molecule has 0 amide bonds. The van der Waals surface area contributed by atoms with Gasteiger partial charge >= 0.3 is 5.97 Å². The minimum Gasteiger partial charge on any atom is -0.507 e. The van der Waals surface area contributed by atoms with Crippen LogP contribution >= 0.6 is 0 Å². The number of carbonyl (C=O) groups excluding carboxylic acids is 1. The van der Waals surface area contributed by atoms with E-state index in [1.807, 2.05) is 19.9 Å². The van der Waals surface area contributed by atoms with Gasteiger partial charge in [0.15, 0.2) is 5.78 Å². The molecule has 1 aromatic rings. The maximum Gasteiger partial charge on any atom is 0.340 e. The van der Waals surface area contributed by atoms with E-state index >= 15 is 0 Å². The van der Waals surface area contributed by atoms with Crippen molar-refractivity contribution in [1.29, 1.82) is 0 Å². The molecule has 1 aliphatic heterocycles. The lowest BCUT2D eigenvalue weighted by Crippen LogP contribution is -2.26. The maximum absolute atomic E-state index is 12.8. The molecule has 6 heteroatoms. The van der Waals surface area contributed by atoms with Gasteiger partial charge in [-0.3, -0.25) is 4.79 Å². The Balaban J connectivity index is 2.17. The molecule has 0 bridgehead atoms. The molecule has 0 spiro atoms. The molecule has 2 N–H and O–H groups in total. The fourth-order valence-corrected chi connectivity index (χ4v) is 2.84. The third-order valence-corrected chi connectivity index (χ3v) is 4.73. The van der Waals surface area contributed by atoms with E-state index in [2.05, 4.69) is 0 Å². The summed E-state index contributed by atoms with van der Waals surface area (Å²) in [5.41, 5.74) is 0.830. The van der Waals surface area contributed by atoms with Gasteiger partial charge in [-0.05, 0) is 44.1 Å². The van der Waals surface area contributed by atoms with Gasteiger partial charge in [0, 0.05) is 7.11 Å². The number of Topliss-reactive ketones (excluding diaryl/α,β-unsaturated/α-hetero) is 1. The van der Waals surface area contributed by atoms with Gasteiger partial charge in [-0.25, -0.2) is 4.79 Å². The number of methoxy groups -OCH3 is 1. The molecule has 28 heavy (non-hydrogen) atoms. The van der Waals surface area contributed by atoms with Crippen LogP contribution in [0.4, 0.5) is 0 Å². The van der Waals surface area contributed by atoms with Crippen molar-refractivity contribution in [3.8, 4) is 5.75 Å². The van der Waals surface area contributed by atoms with Crippen molar-refractivity contribution in [2.24, 2.45) is 5.92 Å². The number of rotatable bonds is 9. The zero-order valence-corrected chi connectivity index (χ0v) is 16.5. The smallest absolute Gasteiger partial charge is 0.340 e. The second kappa shape index (κ2) is 9.48. The average Bonchev–Trinajstić information content (AvgIpc) is 3.34. The van der Waals surface area contributed by atoms with Gasteiger partial charge in [-0.15, -0.1) is 0 Å². The highest BCUT2D eigenvalue weighted by Gasteiger charge is 2.33. The van der Waals surface area contributed by atoms with Crippen molar-refractivity contribution in [2.75, 3.05) is 7.11 Å². The maximum atomic E-state index is 12.8. The number of carboxylic acid groups (broad SMARTS) is 1. The lowest BCUT2D eigenvalue weighted by Gasteiger charge is -2.18. The summed E-state index contributed by atoms with van der Waals surface area (Å²) < 4.78 is 10.7. The Bertz CT molecular complexity index is 820. The standard InChI is InChI=1S/C22H26O6/c1-13(12-19-15(3)28-19)21(24)17(14(2)27-4)10-6-5-8-16-9-7-11-18(23)20(16)22(25)26/h5-12,14-15,17,19,23H,1-4H3,(H,25,26). The van der Waals surface area contributed by atoms with Gasteiger partial charge < -0.3 is 19.7 Å². The van der Waals surface area contributed by atoms with Gasteiger partial charge in [0.05, 0.1) is 18.1 Å². The van der Waals surface area contributed by atoms with Crippen LogP contribution in [0.5, 0.6) is 5.75 Å². The molecule has 1 fully saturated rings. The minimum absolute atomic E-state index is 0.00785. The van der Waals surface area contributed by atoms with E-state index in [0.717, 1.165) is 0 Å². The van der Waals surface area contributed by atoms with Crippen LogP contribution in [0.2, 0.25) is 0 Å². The van der Waals surface area contributed by atoms with E-state index < -0.39 is 11.9 Å². The molecule has 150 valence electrons. The van der Waals surface area contributed by atoms with Crippen molar-refractivity contribution < 1.29 is 29.3 Å². The van der Waals surface area contributed by atoms with E-state index in [4.69, 9.17) is 9.47 Å². The number of carboxylic acids is 1. The summed E-state index contributed by atoms with van der Waals surface area (Å²) >= 11 is 0. The molecule has 0 aliphatic carbocycles. The van der Waals surface area contributed by atoms with Crippen LogP contribution in [0.1, 0.15) is 36.7 Å². The van der Waals surface area contributed by atoms with Crippen molar-refractivity contribution in [3.63, 3.8) is 0 Å². The Hall–Kier alpha value is -2.70. The second-order valence-corrected chi connectivity index (χ2v) is 6.78. The van der Waals surface area contributed by atoms with Crippen LogP contribution in [0, 0.1) is 5.92 Å². The largest absolute Gasteiger partial charge is 0.507 e. The number of aromatic carboxylic acids is 1. The first-order chi connectivity index (χ1) is 13.3. The first-order valence-corrected chi connectivity index (χ1v) is 9.07. The minimum atomic E-state index is -1.21. The molecule has 0 aromatic heterocycles. The van der Waals surface area contributed by atoms with Crippen LogP contribution in [0.3, 0.4) is 0 Å². The van der Waals surface area contributed by atoms with Crippen LogP contribution in [-0.4, -0.2) is 47.4 Å². The highest BCUT2D eigenvalue weighted by Crippen LogP contribution is 2.25. The number of hydrogen-bond donors (Lipinski definition) is 2. The van der Waals surface area contributed by atoms with E-state index in [9.17, 15) is 19.8 Å². The van der Waals surface area contributed by atoms with E-state index in [1.165, 1.54) is 6.07 Å². The average molecular weight is 386 g/mol. The Morgan fingerprint density at radius 3 is 2.54 bits per heavy atom. The summed E-state index contributed by atoms with van der Waals surface area (Å²) in [5, 5.41) is 19.0. The number of phenols is 1. The van der Waals surface area contributed by atoms with Gasteiger partial charge in [0.1, 0.15) is 17.4 Å². The van der Waals surface area contributed by atoms with E-state index in [-0.39, 0.29) is 35.4 Å². The number of epoxide rings is 1. The van der Waals surface area contributed by atoms with Gasteiger partial charge in [-0.1, -0.05) is 36.4 Å². The SMILES string of the molecule is COC(C)C(C=CC=Cc1cccc(O)c1C(=O)O)C(=O)C(C)=CC1OC1C. The third kappa shape index (κ3) is 5.41. The molecule has 1 saturated heterocycles. The van der Waals surface area contributed by atoms with Crippen molar-refractivity contribution >= 4 is 17.8 Å². The fourth-order valence-electron chi connectivity index (χ4n) is 2.84. The molecular weight excluding hydrogens is 360 g/mol. The molecule has 1 heterocycles. The van der Waals surface area contributed by atoms with Gasteiger partial charge in [0.25, 0.3) is 0 Å². The van der Waals surface area contributed by atoms with Crippen molar-refractivity contribution in [1.82, 2.24) is 0 Å². The van der Waals surface area contributed by atoms with E-state index in [1.54, 1.807) is 50.5 Å². The number of hydrogen-bond acceptors (Lipinski definition) is 5. The normalized spacial score (nSPS) is 21.8. The molecule has 4 unspecified atom stereocenters. The highest BCUT2D eigenvalue weighted by molar-refractivity contribution is 5.98. The summed E-state index contributed by atoms with van der Waals surface area (Å²) in [4.78, 5) is 24.1. The Morgan fingerprint density at radius 1 is 1.29 bits per heavy atom. The summed E-state index contributed by atoms with van der Waals surface area (Å²) in [5.74, 6) is -2.04. The van der Waals surface area contributed by atoms with Gasteiger partial charge in [0.2, 0.25) is 0 Å². The zero-order valence-electron chi connectivity index (χ0n) is 16.5. The summed E-state index contributed by atoms with van der Waals surface area (Å²) in [7, 11) is 1.55. The summed E-state index contributed by atoms with van der Waals surface area (Å²) in [6.45, 7) is 5.53. The lowest BCUT2D eigenvalue weighted by molar-refractivity contribution is -0.121. The lowest BCUT2D eigenvalue weighted by atomic mass is 9.92. The highest BCUT2D eigenvalue weighted by atomic mass is 16.6. The number of ether oxygens (including phenoxy) is 2. The molecule has 4 atom stereocenters. The van der Waals surface area contributed by atoms with Crippen LogP contribution in [0.25, 0.3) is 6.08 Å². The molecule has 6 nitrogen and oxygen atoms in total. The summed E-state index contributed by atoms with van der Waals surface area (Å²) in [6, 6.07) is 4.49. The topological polar surface area (TPSA) is 96.4 Å². The van der Waals surface area contributed by atoms with E-state index in [0.29, 0.717) is 11.1 Å². The number of ketones is 1.